The maximum absolute atomic E-state index is 12.5. The lowest BCUT2D eigenvalue weighted by Gasteiger charge is -2.14. The van der Waals surface area contributed by atoms with E-state index in [1.165, 1.54) is 14.2 Å². The van der Waals surface area contributed by atoms with Crippen LogP contribution in [0.4, 0.5) is 4.79 Å². The normalized spacial score (nSPS) is 13.7. The first-order chi connectivity index (χ1) is 41.2. The third-order valence-corrected chi connectivity index (χ3v) is 15.7. The van der Waals surface area contributed by atoms with E-state index in [0.29, 0.717) is 52.4 Å². The summed E-state index contributed by atoms with van der Waals surface area (Å²) in [7, 11) is 2.80. The van der Waals surface area contributed by atoms with Gasteiger partial charge in [0.1, 0.15) is 6.61 Å². The van der Waals surface area contributed by atoms with Gasteiger partial charge in [0.25, 0.3) is 0 Å². The van der Waals surface area contributed by atoms with Crippen molar-refractivity contribution < 1.29 is 57.4 Å². The van der Waals surface area contributed by atoms with E-state index in [1.807, 2.05) is 85.7 Å². The second-order valence-electron chi connectivity index (χ2n) is 23.7. The fraction of sp³-hybridized carbons (Fsp3) is 0.773. The molecule has 1 aromatic carbocycles. The number of carbonyl (C=O) groups is 9. The Morgan fingerprint density at radius 3 is 0.814 bits per heavy atom. The van der Waals surface area contributed by atoms with Gasteiger partial charge in [0.15, 0.2) is 0 Å². The second-order valence-corrected chi connectivity index (χ2v) is 23.7. The average Bonchev–Trinajstić information content (AvgIpc) is 3.54. The largest absolute Gasteiger partial charge is 0.469 e. The predicted molar refractivity (Wildman–Crippen MR) is 340 cm³/mol. The van der Waals surface area contributed by atoms with Crippen LogP contribution in [0.2, 0.25) is 0 Å². The van der Waals surface area contributed by atoms with Crippen LogP contribution in [0.1, 0.15) is 215 Å². The average molecular weight is 1220 g/mol. The number of nitrogens with one attached hydrogen (secondary N) is 7. The number of hydrogen-bond donors (Lipinski definition) is 8. The summed E-state index contributed by atoms with van der Waals surface area (Å²) in [6.45, 7) is 20.4. The van der Waals surface area contributed by atoms with E-state index in [2.05, 4.69) is 37.2 Å². The summed E-state index contributed by atoms with van der Waals surface area (Å²) in [6, 6.07) is 9.52. The van der Waals surface area contributed by atoms with Gasteiger partial charge in [-0.1, -0.05) is 137 Å². The molecular weight excluding hydrogens is 1100 g/mol. The van der Waals surface area contributed by atoms with Gasteiger partial charge in [-0.15, -0.1) is 0 Å². The molecule has 494 valence electrons. The van der Waals surface area contributed by atoms with Crippen LogP contribution in [0, 0.1) is 47.3 Å². The Bertz CT molecular complexity index is 2010. The molecule has 0 saturated heterocycles. The van der Waals surface area contributed by atoms with Crippen LogP contribution in [-0.4, -0.2) is 120 Å². The van der Waals surface area contributed by atoms with Crippen molar-refractivity contribution >= 4 is 53.5 Å². The second kappa shape index (κ2) is 52.3. The summed E-state index contributed by atoms with van der Waals surface area (Å²) in [5, 5.41) is 20.7. The Labute approximate surface area is 517 Å². The van der Waals surface area contributed by atoms with Crippen molar-refractivity contribution in [2.75, 3.05) is 66.6 Å². The molecule has 8 atom stereocenters. The van der Waals surface area contributed by atoms with Crippen molar-refractivity contribution in [1.82, 2.24) is 37.2 Å². The van der Waals surface area contributed by atoms with Crippen LogP contribution in [0.3, 0.4) is 0 Å². The van der Waals surface area contributed by atoms with Gasteiger partial charge < -0.3 is 57.2 Å². The molecule has 0 unspecified atom stereocenters. The maximum atomic E-state index is 12.5. The first kappa shape index (κ1) is 80.2. The quantitative estimate of drug-likeness (QED) is 0.0172. The van der Waals surface area contributed by atoms with E-state index in [0.717, 1.165) is 160 Å². The van der Waals surface area contributed by atoms with Crippen LogP contribution >= 0.6 is 0 Å². The lowest BCUT2D eigenvalue weighted by atomic mass is 10.0. The third-order valence-electron chi connectivity index (χ3n) is 15.7. The van der Waals surface area contributed by atoms with Crippen molar-refractivity contribution in [3.05, 3.63) is 35.9 Å². The van der Waals surface area contributed by atoms with Gasteiger partial charge in [-0.25, -0.2) is 4.79 Å². The van der Waals surface area contributed by atoms with E-state index in [4.69, 9.17) is 19.9 Å². The molecule has 9 N–H and O–H groups in total. The number of methoxy groups -OCH3 is 2. The number of unbranched alkanes of at least 4 members (excludes halogenated alkanes) is 8. The fourth-order valence-corrected chi connectivity index (χ4v) is 9.33. The zero-order chi connectivity index (χ0) is 64.3. The molecule has 0 saturated carbocycles. The number of alkyl carbamates (subject to hydrolysis) is 1. The van der Waals surface area contributed by atoms with E-state index in [9.17, 15) is 43.2 Å². The maximum Gasteiger partial charge on any atom is 0.407 e. The van der Waals surface area contributed by atoms with Crippen molar-refractivity contribution in [3.8, 4) is 0 Å². The summed E-state index contributed by atoms with van der Waals surface area (Å²) in [5.74, 6) is -0.651. The summed E-state index contributed by atoms with van der Waals surface area (Å²) >= 11 is 0. The fourth-order valence-electron chi connectivity index (χ4n) is 9.33. The number of rotatable bonds is 49. The van der Waals surface area contributed by atoms with Crippen LogP contribution < -0.4 is 43.0 Å². The highest BCUT2D eigenvalue weighted by Gasteiger charge is 2.19. The number of ether oxygens (including phenoxy) is 3. The molecule has 0 aliphatic rings. The predicted octanol–water partition coefficient (Wildman–Crippen LogP) is 9.35. The first-order valence-corrected chi connectivity index (χ1v) is 32.6. The van der Waals surface area contributed by atoms with E-state index >= 15 is 0 Å². The molecule has 0 aliphatic carbocycles. The molecule has 0 aromatic heterocycles. The molecule has 0 radical (unpaired) electrons. The Hall–Kier alpha value is -5.79. The van der Waals surface area contributed by atoms with Crippen LogP contribution in [0.15, 0.2) is 30.3 Å². The van der Waals surface area contributed by atoms with Crippen LogP contribution in [0.5, 0.6) is 0 Å². The van der Waals surface area contributed by atoms with Crippen molar-refractivity contribution in [2.45, 2.75) is 216 Å². The number of benzene rings is 1. The third kappa shape index (κ3) is 42.9. The summed E-state index contributed by atoms with van der Waals surface area (Å²) in [5.41, 5.74) is 6.43. The molecule has 0 bridgehead atoms. The van der Waals surface area contributed by atoms with Crippen LogP contribution in [0.25, 0.3) is 0 Å². The molecular formula is C66H118N8O12. The Balaban J connectivity index is 0.00000173. The van der Waals surface area contributed by atoms with Gasteiger partial charge in [0.2, 0.25) is 35.4 Å². The molecule has 86 heavy (non-hydrogen) atoms. The summed E-state index contributed by atoms with van der Waals surface area (Å²) < 4.78 is 14.6. The van der Waals surface area contributed by atoms with Crippen molar-refractivity contribution in [2.24, 2.45) is 53.1 Å². The minimum atomic E-state index is -0.437. The highest BCUT2D eigenvalue weighted by Crippen LogP contribution is 2.15. The molecule has 0 fully saturated rings. The summed E-state index contributed by atoms with van der Waals surface area (Å²) in [4.78, 5) is 108. The number of carbonyl (C=O) groups excluding carboxylic acids is 9. The number of amides is 7. The van der Waals surface area contributed by atoms with E-state index in [1.54, 1.807) is 0 Å². The minimum Gasteiger partial charge on any atom is -0.469 e. The Morgan fingerprint density at radius 1 is 0.337 bits per heavy atom. The zero-order valence-corrected chi connectivity index (χ0v) is 54.8. The Morgan fingerprint density at radius 2 is 0.570 bits per heavy atom. The van der Waals surface area contributed by atoms with Crippen molar-refractivity contribution in [1.29, 1.82) is 0 Å². The minimum absolute atomic E-state index is 0.0167. The molecule has 0 spiro atoms. The molecule has 1 rings (SSSR count). The molecule has 0 heterocycles. The highest BCUT2D eigenvalue weighted by molar-refractivity contribution is 5.80. The molecule has 20 heteroatoms. The summed E-state index contributed by atoms with van der Waals surface area (Å²) in [6.07, 6.45) is 19.6. The SMILES string of the molecule is COC(=O)[C@@H](C)CCCCNC(=O)[C@@H](C)CCCCNC(=O)[C@@H](C)CCCCNC(=O)[C@@H](C)CCCCN.COC(=O)[C@@H](C)CCCCNC(=O)[C@@H](C)CCCCNC(=O)[C@@H](C)CCCCNC(=O)[C@@H](C)CCCCNC(=O)OCc1ccccc1. The topological polar surface area (TPSA) is 292 Å². The lowest BCUT2D eigenvalue weighted by Crippen LogP contribution is -2.31. The zero-order valence-electron chi connectivity index (χ0n) is 54.8. The highest BCUT2D eigenvalue weighted by atomic mass is 16.5. The molecule has 20 nitrogen and oxygen atoms in total. The number of hydrogen-bond acceptors (Lipinski definition) is 13. The lowest BCUT2D eigenvalue weighted by molar-refractivity contribution is -0.145. The number of esters is 2. The van der Waals surface area contributed by atoms with E-state index in [-0.39, 0.29) is 101 Å². The van der Waals surface area contributed by atoms with Crippen LogP contribution in [-0.2, 0) is 59.2 Å². The first-order valence-electron chi connectivity index (χ1n) is 32.6. The van der Waals surface area contributed by atoms with Crippen molar-refractivity contribution in [3.63, 3.8) is 0 Å². The van der Waals surface area contributed by atoms with E-state index < -0.39 is 6.09 Å². The van der Waals surface area contributed by atoms with Gasteiger partial charge in [0, 0.05) is 81.3 Å². The Kier molecular flexibility index (Phi) is 48.8. The van der Waals surface area contributed by atoms with Gasteiger partial charge in [-0.3, -0.25) is 38.4 Å². The van der Waals surface area contributed by atoms with Gasteiger partial charge >= 0.3 is 18.0 Å². The van der Waals surface area contributed by atoms with Gasteiger partial charge in [0.05, 0.1) is 26.1 Å². The number of nitrogens with two attached hydrogens (primary N) is 1. The van der Waals surface area contributed by atoms with Gasteiger partial charge in [-0.2, -0.15) is 0 Å². The smallest absolute Gasteiger partial charge is 0.407 e. The standard InChI is InChI=1S/C37H62N4O7.C29H56N4O5/c1-28(33(42)38-23-13-10-18-29(2)34(43)40-25-15-12-20-31(4)36(45)47-5)17-9-14-24-39-35(44)30(3)19-11-16-26-41-37(46)48-27-32-21-7-6-8-22-32;1-22(14-6-10-18-30)26(34)31-19-11-7-15-23(2)27(35)32-20-12-8-16-24(3)28(36)33-21-13-9-17-25(4)29(37)38-5/h6-8,21-22,28-31H,9-20,23-27H2,1-5H3,(H,38,42)(H,39,44)(H,40,43)(H,41,46);22-25H,6-21,30H2,1-5H3,(H,31,34)(H,32,35)(H,33,36)/t28-,29-,30-,31-;22-,23-,24-,25-/m00/s1. The van der Waals surface area contributed by atoms with Gasteiger partial charge in [-0.05, 0) is 115 Å². The molecule has 7 amide bonds. The monoisotopic (exact) mass is 1210 g/mol. The molecule has 0 aliphatic heterocycles. The molecule has 1 aromatic rings.